The van der Waals surface area contributed by atoms with Crippen molar-refractivity contribution < 1.29 is 4.79 Å². The summed E-state index contributed by atoms with van der Waals surface area (Å²) >= 11 is 0. The van der Waals surface area contributed by atoms with Crippen molar-refractivity contribution in [1.82, 2.24) is 5.43 Å². The number of primary amides is 1. The lowest BCUT2D eigenvalue weighted by atomic mass is 10.1. The number of nitrogens with two attached hydrogens (primary N) is 1. The Balaban J connectivity index is 2.45. The summed E-state index contributed by atoms with van der Waals surface area (Å²) in [6, 6.07) is -0.586. The minimum atomic E-state index is -0.586. The molecule has 0 bridgehead atoms. The molecule has 0 aromatic carbocycles. The summed E-state index contributed by atoms with van der Waals surface area (Å²) in [5, 5.41) is 3.90. The van der Waals surface area contributed by atoms with Gasteiger partial charge in [-0.15, -0.1) is 0 Å². The molecule has 0 aromatic heterocycles. The molecule has 1 saturated carbocycles. The molecule has 2 amide bonds. The Bertz CT molecular complexity index is 188. The lowest BCUT2D eigenvalue weighted by molar-refractivity contribution is 0.249. The van der Waals surface area contributed by atoms with Crippen LogP contribution in [0, 0.1) is 5.92 Å². The number of hydrogen-bond acceptors (Lipinski definition) is 2. The van der Waals surface area contributed by atoms with E-state index in [1.54, 1.807) is 0 Å². The molecule has 1 unspecified atom stereocenters. The number of nitrogens with one attached hydrogen (secondary N) is 1. The number of hydrazone groups is 1. The molecule has 0 heterocycles. The summed E-state index contributed by atoms with van der Waals surface area (Å²) in [5.74, 6) is 0.502. The molecule has 0 aromatic rings. The van der Waals surface area contributed by atoms with Crippen molar-refractivity contribution in [3.8, 4) is 0 Å². The van der Waals surface area contributed by atoms with Gasteiger partial charge in [-0.3, -0.25) is 0 Å². The van der Waals surface area contributed by atoms with Crippen molar-refractivity contribution in [2.24, 2.45) is 16.8 Å². The quantitative estimate of drug-likeness (QED) is 0.541. The van der Waals surface area contributed by atoms with Crippen LogP contribution in [0.4, 0.5) is 4.79 Å². The molecule has 4 heteroatoms. The maximum Gasteiger partial charge on any atom is 0.332 e. The van der Waals surface area contributed by atoms with E-state index in [1.807, 2.05) is 0 Å². The second-order valence-electron chi connectivity index (χ2n) is 2.87. The van der Waals surface area contributed by atoms with Crippen LogP contribution >= 0.6 is 0 Å². The zero-order valence-corrected chi connectivity index (χ0v) is 6.63. The summed E-state index contributed by atoms with van der Waals surface area (Å²) in [4.78, 5) is 10.3. The Morgan fingerprint density at radius 2 is 2.55 bits per heavy atom. The average Bonchev–Trinajstić information content (AvgIpc) is 2.31. The van der Waals surface area contributed by atoms with Gasteiger partial charge in [0.05, 0.1) is 0 Å². The highest BCUT2D eigenvalue weighted by atomic mass is 16.2. The number of urea groups is 1. The van der Waals surface area contributed by atoms with E-state index < -0.39 is 6.03 Å². The van der Waals surface area contributed by atoms with Gasteiger partial charge in [-0.05, 0) is 25.2 Å². The van der Waals surface area contributed by atoms with Gasteiger partial charge in [-0.1, -0.05) is 6.92 Å². The van der Waals surface area contributed by atoms with Crippen molar-refractivity contribution >= 4 is 11.7 Å². The zero-order valence-electron chi connectivity index (χ0n) is 6.63. The maximum atomic E-state index is 10.3. The molecular weight excluding hydrogens is 142 g/mol. The van der Waals surface area contributed by atoms with E-state index in [4.69, 9.17) is 5.73 Å². The van der Waals surface area contributed by atoms with Gasteiger partial charge in [0.25, 0.3) is 0 Å². The molecule has 1 atom stereocenters. The average molecular weight is 155 g/mol. The summed E-state index contributed by atoms with van der Waals surface area (Å²) in [6.45, 7) is 2.11. The third-order valence-corrected chi connectivity index (χ3v) is 1.95. The number of carbonyl (C=O) groups excluding carboxylic acids is 1. The fourth-order valence-electron chi connectivity index (χ4n) is 1.30. The van der Waals surface area contributed by atoms with Crippen LogP contribution in [0.3, 0.4) is 0 Å². The first kappa shape index (κ1) is 8.04. The molecule has 0 saturated heterocycles. The molecule has 1 rings (SSSR count). The van der Waals surface area contributed by atoms with Gasteiger partial charge in [-0.2, -0.15) is 5.10 Å². The minimum Gasteiger partial charge on any atom is -0.350 e. The van der Waals surface area contributed by atoms with E-state index in [0.717, 1.165) is 12.1 Å². The first-order valence-corrected chi connectivity index (χ1v) is 3.82. The van der Waals surface area contributed by atoms with Gasteiger partial charge in [0.1, 0.15) is 0 Å². The van der Waals surface area contributed by atoms with Crippen molar-refractivity contribution in [3.05, 3.63) is 0 Å². The first-order valence-electron chi connectivity index (χ1n) is 3.82. The van der Waals surface area contributed by atoms with Crippen LogP contribution in [0.25, 0.3) is 0 Å². The molecule has 3 N–H and O–H groups in total. The molecule has 1 aliphatic rings. The largest absolute Gasteiger partial charge is 0.350 e. The lowest BCUT2D eigenvalue weighted by Gasteiger charge is -2.01. The third kappa shape index (κ3) is 2.22. The van der Waals surface area contributed by atoms with Crippen LogP contribution < -0.4 is 11.2 Å². The number of nitrogens with zero attached hydrogens (tertiary/aromatic N) is 1. The SMILES string of the molecule is CC1CCCC1=NNC(N)=O. The second kappa shape index (κ2) is 3.37. The standard InChI is InChI=1S/C7H13N3O/c1-5-3-2-4-6(5)9-10-7(8)11/h5H,2-4H2,1H3,(H3,8,10,11). The first-order chi connectivity index (χ1) is 5.20. The second-order valence-corrected chi connectivity index (χ2v) is 2.87. The highest BCUT2D eigenvalue weighted by molar-refractivity contribution is 5.89. The van der Waals surface area contributed by atoms with Gasteiger partial charge < -0.3 is 5.73 Å². The molecule has 11 heavy (non-hydrogen) atoms. The topological polar surface area (TPSA) is 67.5 Å². The molecular formula is C7H13N3O. The molecule has 1 aliphatic carbocycles. The van der Waals surface area contributed by atoms with E-state index in [-0.39, 0.29) is 0 Å². The van der Waals surface area contributed by atoms with Gasteiger partial charge in [0.2, 0.25) is 0 Å². The minimum absolute atomic E-state index is 0.502. The monoisotopic (exact) mass is 155 g/mol. The van der Waals surface area contributed by atoms with E-state index in [9.17, 15) is 4.79 Å². The summed E-state index contributed by atoms with van der Waals surface area (Å²) in [7, 11) is 0. The highest BCUT2D eigenvalue weighted by Gasteiger charge is 2.17. The number of hydrogen-bond donors (Lipinski definition) is 2. The normalized spacial score (nSPS) is 27.4. The molecule has 0 radical (unpaired) electrons. The maximum absolute atomic E-state index is 10.3. The molecule has 0 aliphatic heterocycles. The van der Waals surface area contributed by atoms with Crippen LogP contribution in [-0.2, 0) is 0 Å². The van der Waals surface area contributed by atoms with Crippen molar-refractivity contribution in [3.63, 3.8) is 0 Å². The number of rotatable bonds is 1. The van der Waals surface area contributed by atoms with E-state index in [1.165, 1.54) is 12.8 Å². The summed E-state index contributed by atoms with van der Waals surface area (Å²) in [6.07, 6.45) is 3.32. The van der Waals surface area contributed by atoms with Crippen LogP contribution in [0.5, 0.6) is 0 Å². The van der Waals surface area contributed by atoms with Crippen LogP contribution in [-0.4, -0.2) is 11.7 Å². The van der Waals surface area contributed by atoms with Crippen molar-refractivity contribution in [1.29, 1.82) is 0 Å². The molecule has 4 nitrogen and oxygen atoms in total. The number of amides is 2. The Labute approximate surface area is 65.8 Å². The highest BCUT2D eigenvalue weighted by Crippen LogP contribution is 2.21. The molecule has 0 spiro atoms. The Hall–Kier alpha value is -1.06. The van der Waals surface area contributed by atoms with E-state index >= 15 is 0 Å². The molecule has 1 fully saturated rings. The summed E-state index contributed by atoms with van der Waals surface area (Å²) < 4.78 is 0. The zero-order chi connectivity index (χ0) is 8.27. The van der Waals surface area contributed by atoms with Crippen molar-refractivity contribution in [2.45, 2.75) is 26.2 Å². The van der Waals surface area contributed by atoms with Gasteiger partial charge in [0, 0.05) is 5.71 Å². The van der Waals surface area contributed by atoms with Gasteiger partial charge in [0.15, 0.2) is 0 Å². The number of carbonyl (C=O) groups is 1. The fourth-order valence-corrected chi connectivity index (χ4v) is 1.30. The van der Waals surface area contributed by atoms with Gasteiger partial charge >= 0.3 is 6.03 Å². The van der Waals surface area contributed by atoms with Crippen LogP contribution in [0.1, 0.15) is 26.2 Å². The predicted octanol–water partition coefficient (Wildman–Crippen LogP) is 0.831. The predicted molar refractivity (Wildman–Crippen MR) is 43.2 cm³/mol. The Morgan fingerprint density at radius 1 is 1.82 bits per heavy atom. The van der Waals surface area contributed by atoms with Gasteiger partial charge in [-0.25, -0.2) is 10.2 Å². The Morgan fingerprint density at radius 3 is 3.00 bits per heavy atom. The smallest absolute Gasteiger partial charge is 0.332 e. The van der Waals surface area contributed by atoms with Crippen LogP contribution in [0.2, 0.25) is 0 Å². The summed E-state index contributed by atoms with van der Waals surface area (Å²) in [5.41, 5.74) is 8.16. The molecule has 62 valence electrons. The fraction of sp³-hybridized carbons (Fsp3) is 0.714. The van der Waals surface area contributed by atoms with E-state index in [0.29, 0.717) is 5.92 Å². The third-order valence-electron chi connectivity index (χ3n) is 1.95. The van der Waals surface area contributed by atoms with E-state index in [2.05, 4.69) is 17.5 Å². The van der Waals surface area contributed by atoms with Crippen molar-refractivity contribution in [2.75, 3.05) is 0 Å². The Kier molecular flexibility index (Phi) is 2.46. The lowest BCUT2D eigenvalue weighted by Crippen LogP contribution is -2.26. The van der Waals surface area contributed by atoms with Crippen LogP contribution in [0.15, 0.2) is 5.10 Å².